The molecule has 0 spiro atoms. The van der Waals surface area contributed by atoms with E-state index in [-0.39, 0.29) is 12.0 Å². The topological polar surface area (TPSA) is 49.8 Å². The SMILES string of the molecule is CC(O)CCN(C)C(=O)c1cc(Cl)ccc1OC1CCCC1. The summed E-state index contributed by atoms with van der Waals surface area (Å²) in [6, 6.07) is 5.18. The molecule has 1 aliphatic rings. The molecule has 0 aliphatic heterocycles. The third-order valence-corrected chi connectivity index (χ3v) is 4.23. The number of hydrogen-bond acceptors (Lipinski definition) is 3. The van der Waals surface area contributed by atoms with Gasteiger partial charge in [-0.1, -0.05) is 11.6 Å². The van der Waals surface area contributed by atoms with Crippen LogP contribution in [0, 0.1) is 0 Å². The molecule has 1 amide bonds. The molecule has 2 rings (SSSR count). The van der Waals surface area contributed by atoms with E-state index in [4.69, 9.17) is 16.3 Å². The number of carbonyl (C=O) groups excluding carboxylic acids is 1. The predicted octanol–water partition coefficient (Wildman–Crippen LogP) is 3.50. The fourth-order valence-electron chi connectivity index (χ4n) is 2.65. The van der Waals surface area contributed by atoms with Crippen LogP contribution in [0.1, 0.15) is 49.4 Å². The van der Waals surface area contributed by atoms with Gasteiger partial charge in [0.2, 0.25) is 0 Å². The Hall–Kier alpha value is -1.26. The summed E-state index contributed by atoms with van der Waals surface area (Å²) in [6.45, 7) is 2.21. The number of rotatable bonds is 6. The fraction of sp³-hybridized carbons (Fsp3) is 0.588. The van der Waals surface area contributed by atoms with Crippen LogP contribution < -0.4 is 4.74 Å². The van der Waals surface area contributed by atoms with Crippen molar-refractivity contribution in [1.82, 2.24) is 4.90 Å². The van der Waals surface area contributed by atoms with E-state index < -0.39 is 6.10 Å². The molecule has 22 heavy (non-hydrogen) atoms. The van der Waals surface area contributed by atoms with E-state index in [0.717, 1.165) is 12.8 Å². The average Bonchev–Trinajstić information content (AvgIpc) is 2.98. The Balaban J connectivity index is 2.13. The molecule has 1 aliphatic carbocycles. The van der Waals surface area contributed by atoms with Crippen molar-refractivity contribution in [3.63, 3.8) is 0 Å². The fourth-order valence-corrected chi connectivity index (χ4v) is 2.82. The number of amides is 1. The molecule has 4 nitrogen and oxygen atoms in total. The van der Waals surface area contributed by atoms with E-state index in [1.54, 1.807) is 37.1 Å². The van der Waals surface area contributed by atoms with Gasteiger partial charge in [-0.25, -0.2) is 0 Å². The van der Waals surface area contributed by atoms with Gasteiger partial charge in [-0.3, -0.25) is 4.79 Å². The number of nitrogens with zero attached hydrogens (tertiary/aromatic N) is 1. The van der Waals surface area contributed by atoms with E-state index in [1.807, 2.05) is 0 Å². The van der Waals surface area contributed by atoms with Gasteiger partial charge in [0, 0.05) is 18.6 Å². The van der Waals surface area contributed by atoms with E-state index in [0.29, 0.717) is 29.3 Å². The molecular weight excluding hydrogens is 302 g/mol. The number of ether oxygens (including phenoxy) is 1. The van der Waals surface area contributed by atoms with Crippen molar-refractivity contribution in [3.05, 3.63) is 28.8 Å². The van der Waals surface area contributed by atoms with E-state index in [2.05, 4.69) is 0 Å². The number of aliphatic hydroxyl groups excluding tert-OH is 1. The minimum atomic E-state index is -0.427. The van der Waals surface area contributed by atoms with Crippen molar-refractivity contribution >= 4 is 17.5 Å². The average molecular weight is 326 g/mol. The van der Waals surface area contributed by atoms with Crippen molar-refractivity contribution in [2.24, 2.45) is 0 Å². The third-order valence-electron chi connectivity index (χ3n) is 4.00. The zero-order chi connectivity index (χ0) is 16.1. The summed E-state index contributed by atoms with van der Waals surface area (Å²) in [5, 5.41) is 9.88. The minimum Gasteiger partial charge on any atom is -0.490 e. The molecule has 0 aromatic heterocycles. The van der Waals surface area contributed by atoms with Crippen molar-refractivity contribution < 1.29 is 14.6 Å². The van der Waals surface area contributed by atoms with E-state index in [1.165, 1.54) is 12.8 Å². The zero-order valence-corrected chi connectivity index (χ0v) is 14.0. The summed E-state index contributed by atoms with van der Waals surface area (Å²) in [6.07, 6.45) is 4.73. The van der Waals surface area contributed by atoms with Crippen LogP contribution in [0.15, 0.2) is 18.2 Å². The summed E-state index contributed by atoms with van der Waals surface area (Å²) >= 11 is 6.04. The monoisotopic (exact) mass is 325 g/mol. The number of aliphatic hydroxyl groups is 1. The van der Waals surface area contributed by atoms with E-state index >= 15 is 0 Å². The highest BCUT2D eigenvalue weighted by Gasteiger charge is 2.22. The highest BCUT2D eigenvalue weighted by atomic mass is 35.5. The van der Waals surface area contributed by atoms with Crippen LogP contribution in [0.3, 0.4) is 0 Å². The first kappa shape index (κ1) is 17.1. The van der Waals surface area contributed by atoms with Gasteiger partial charge in [-0.2, -0.15) is 0 Å². The van der Waals surface area contributed by atoms with Crippen molar-refractivity contribution in [3.8, 4) is 5.75 Å². The summed E-state index contributed by atoms with van der Waals surface area (Å²) in [5.74, 6) is 0.473. The van der Waals surface area contributed by atoms with Gasteiger partial charge in [-0.05, 0) is 57.2 Å². The van der Waals surface area contributed by atoms with Crippen LogP contribution in [-0.4, -0.2) is 41.7 Å². The maximum absolute atomic E-state index is 12.6. The van der Waals surface area contributed by atoms with Crippen LogP contribution in [0.5, 0.6) is 5.75 Å². The molecule has 0 heterocycles. The molecule has 0 radical (unpaired) electrons. The lowest BCUT2D eigenvalue weighted by Crippen LogP contribution is -2.30. The maximum atomic E-state index is 12.6. The van der Waals surface area contributed by atoms with Gasteiger partial charge in [0.15, 0.2) is 0 Å². The van der Waals surface area contributed by atoms with Crippen LogP contribution in [0.4, 0.5) is 0 Å². The highest BCUT2D eigenvalue weighted by molar-refractivity contribution is 6.31. The molecule has 1 fully saturated rings. The largest absolute Gasteiger partial charge is 0.490 e. The standard InChI is InChI=1S/C17H24ClNO3/c1-12(20)9-10-19(2)17(21)15-11-13(18)7-8-16(15)22-14-5-3-4-6-14/h7-8,11-12,14,20H,3-6,9-10H2,1-2H3. The Morgan fingerprint density at radius 1 is 1.45 bits per heavy atom. The second-order valence-electron chi connectivity index (χ2n) is 6.03. The molecule has 1 N–H and O–H groups in total. The lowest BCUT2D eigenvalue weighted by Gasteiger charge is -2.21. The predicted molar refractivity (Wildman–Crippen MR) is 87.6 cm³/mol. The molecule has 0 saturated heterocycles. The smallest absolute Gasteiger partial charge is 0.257 e. The molecule has 1 atom stereocenters. The second kappa shape index (κ2) is 7.84. The molecule has 5 heteroatoms. The first-order chi connectivity index (χ1) is 10.5. The highest BCUT2D eigenvalue weighted by Crippen LogP contribution is 2.29. The van der Waals surface area contributed by atoms with Gasteiger partial charge >= 0.3 is 0 Å². The Morgan fingerprint density at radius 3 is 2.77 bits per heavy atom. The lowest BCUT2D eigenvalue weighted by atomic mass is 10.1. The summed E-state index contributed by atoms with van der Waals surface area (Å²) < 4.78 is 6.00. The van der Waals surface area contributed by atoms with Gasteiger partial charge in [-0.15, -0.1) is 0 Å². The third kappa shape index (κ3) is 4.62. The number of benzene rings is 1. The molecule has 1 unspecified atom stereocenters. The van der Waals surface area contributed by atoms with Gasteiger partial charge in [0.05, 0.1) is 17.8 Å². The quantitative estimate of drug-likeness (QED) is 0.870. The summed E-state index contributed by atoms with van der Waals surface area (Å²) in [5.41, 5.74) is 0.493. The molecule has 1 saturated carbocycles. The van der Waals surface area contributed by atoms with Crippen LogP contribution in [0.25, 0.3) is 0 Å². The van der Waals surface area contributed by atoms with Crippen LogP contribution in [0.2, 0.25) is 5.02 Å². The molecule has 122 valence electrons. The van der Waals surface area contributed by atoms with Gasteiger partial charge < -0.3 is 14.7 Å². The van der Waals surface area contributed by atoms with Crippen LogP contribution >= 0.6 is 11.6 Å². The Labute approximate surface area is 137 Å². The Morgan fingerprint density at radius 2 is 2.14 bits per heavy atom. The van der Waals surface area contributed by atoms with Crippen molar-refractivity contribution in [1.29, 1.82) is 0 Å². The van der Waals surface area contributed by atoms with Gasteiger partial charge in [0.1, 0.15) is 5.75 Å². The van der Waals surface area contributed by atoms with E-state index in [9.17, 15) is 9.90 Å². The number of halogens is 1. The summed E-state index contributed by atoms with van der Waals surface area (Å²) in [4.78, 5) is 14.2. The van der Waals surface area contributed by atoms with Crippen molar-refractivity contribution in [2.45, 2.75) is 51.2 Å². The maximum Gasteiger partial charge on any atom is 0.257 e. The van der Waals surface area contributed by atoms with Gasteiger partial charge in [0.25, 0.3) is 5.91 Å². The number of carbonyl (C=O) groups is 1. The molecular formula is C17H24ClNO3. The minimum absolute atomic E-state index is 0.129. The zero-order valence-electron chi connectivity index (χ0n) is 13.2. The molecule has 0 bridgehead atoms. The molecule has 1 aromatic carbocycles. The normalized spacial score (nSPS) is 16.5. The first-order valence-electron chi connectivity index (χ1n) is 7.87. The Bertz CT molecular complexity index is 513. The second-order valence-corrected chi connectivity index (χ2v) is 6.47. The molecule has 1 aromatic rings. The first-order valence-corrected chi connectivity index (χ1v) is 8.25. The lowest BCUT2D eigenvalue weighted by molar-refractivity contribution is 0.0761. The number of hydrogen-bond donors (Lipinski definition) is 1. The van der Waals surface area contributed by atoms with Crippen molar-refractivity contribution in [2.75, 3.05) is 13.6 Å². The van der Waals surface area contributed by atoms with Crippen LogP contribution in [-0.2, 0) is 0 Å². The Kier molecular flexibility index (Phi) is 6.09. The summed E-state index contributed by atoms with van der Waals surface area (Å²) in [7, 11) is 1.73.